The third-order valence-corrected chi connectivity index (χ3v) is 5.56. The minimum absolute atomic E-state index is 0.0671. The number of nitrogens with zero attached hydrogens (tertiary/aromatic N) is 2. The highest BCUT2D eigenvalue weighted by Gasteiger charge is 2.35. The standard InChI is InChI=1S/C19H27FN2O2/c1-15(16-5-4-6-17(20)13-16)21-9-11-22(12-10-21)18(23)14-19(24)7-2-3-8-19/h4-6,13,15,24H,2-3,7-12,14H2,1H3. The summed E-state index contributed by atoms with van der Waals surface area (Å²) in [7, 11) is 0. The summed E-state index contributed by atoms with van der Waals surface area (Å²) in [4.78, 5) is 16.6. The van der Waals surface area contributed by atoms with E-state index in [9.17, 15) is 14.3 Å². The van der Waals surface area contributed by atoms with Crippen molar-refractivity contribution in [3.05, 3.63) is 35.6 Å². The molecule has 5 heteroatoms. The lowest BCUT2D eigenvalue weighted by Gasteiger charge is -2.39. The molecular formula is C19H27FN2O2. The van der Waals surface area contributed by atoms with Gasteiger partial charge >= 0.3 is 0 Å². The average molecular weight is 334 g/mol. The molecule has 1 N–H and O–H groups in total. The van der Waals surface area contributed by atoms with Crippen LogP contribution < -0.4 is 0 Å². The molecule has 1 heterocycles. The molecule has 24 heavy (non-hydrogen) atoms. The molecule has 2 fully saturated rings. The molecule has 1 saturated carbocycles. The Morgan fingerprint density at radius 3 is 2.54 bits per heavy atom. The molecule has 1 unspecified atom stereocenters. The van der Waals surface area contributed by atoms with Crippen LogP contribution in [0, 0.1) is 5.82 Å². The molecule has 0 spiro atoms. The van der Waals surface area contributed by atoms with Crippen molar-refractivity contribution in [1.82, 2.24) is 9.80 Å². The highest BCUT2D eigenvalue weighted by atomic mass is 19.1. The van der Waals surface area contributed by atoms with Gasteiger partial charge < -0.3 is 10.0 Å². The largest absolute Gasteiger partial charge is 0.389 e. The number of rotatable bonds is 4. The summed E-state index contributed by atoms with van der Waals surface area (Å²) in [6.45, 7) is 4.99. The van der Waals surface area contributed by atoms with Gasteiger partial charge in [-0.3, -0.25) is 9.69 Å². The number of hydrogen-bond donors (Lipinski definition) is 1. The second-order valence-electron chi connectivity index (χ2n) is 7.26. The molecule has 1 aromatic carbocycles. The van der Waals surface area contributed by atoms with Gasteiger partial charge in [-0.05, 0) is 37.5 Å². The van der Waals surface area contributed by atoms with Gasteiger partial charge in [-0.15, -0.1) is 0 Å². The topological polar surface area (TPSA) is 43.8 Å². The monoisotopic (exact) mass is 334 g/mol. The van der Waals surface area contributed by atoms with Crippen LogP contribution in [0.5, 0.6) is 0 Å². The number of piperazine rings is 1. The first-order valence-corrected chi connectivity index (χ1v) is 8.97. The minimum atomic E-state index is -0.775. The van der Waals surface area contributed by atoms with Gasteiger partial charge in [-0.1, -0.05) is 25.0 Å². The van der Waals surface area contributed by atoms with E-state index in [4.69, 9.17) is 0 Å². The highest BCUT2D eigenvalue weighted by Crippen LogP contribution is 2.33. The number of amides is 1. The maximum Gasteiger partial charge on any atom is 0.225 e. The number of halogens is 1. The van der Waals surface area contributed by atoms with Gasteiger partial charge in [-0.2, -0.15) is 0 Å². The Labute approximate surface area is 143 Å². The maximum atomic E-state index is 13.4. The summed E-state index contributed by atoms with van der Waals surface area (Å²) in [6, 6.07) is 6.86. The van der Waals surface area contributed by atoms with Crippen molar-refractivity contribution >= 4 is 5.91 Å². The van der Waals surface area contributed by atoms with Gasteiger partial charge in [0.25, 0.3) is 0 Å². The second kappa shape index (κ2) is 7.19. The average Bonchev–Trinajstić information content (AvgIpc) is 3.00. The van der Waals surface area contributed by atoms with E-state index in [-0.39, 0.29) is 24.2 Å². The fourth-order valence-corrected chi connectivity index (χ4v) is 3.94. The molecule has 1 amide bonds. The van der Waals surface area contributed by atoms with Crippen LogP contribution in [-0.2, 0) is 4.79 Å². The van der Waals surface area contributed by atoms with Gasteiger partial charge in [0.2, 0.25) is 5.91 Å². The lowest BCUT2D eigenvalue weighted by molar-refractivity contribution is -0.138. The Hall–Kier alpha value is -1.46. The molecule has 0 radical (unpaired) electrons. The lowest BCUT2D eigenvalue weighted by atomic mass is 9.97. The van der Waals surface area contributed by atoms with Crippen LogP contribution in [-0.4, -0.2) is 52.6 Å². The van der Waals surface area contributed by atoms with Gasteiger partial charge in [0.05, 0.1) is 12.0 Å². The van der Waals surface area contributed by atoms with Crippen LogP contribution in [0.1, 0.15) is 50.6 Å². The molecule has 1 aliphatic heterocycles. The molecule has 1 saturated heterocycles. The van der Waals surface area contributed by atoms with Gasteiger partial charge in [0, 0.05) is 32.2 Å². The van der Waals surface area contributed by atoms with E-state index in [0.29, 0.717) is 13.1 Å². The lowest BCUT2D eigenvalue weighted by Crippen LogP contribution is -2.50. The zero-order chi connectivity index (χ0) is 17.2. The molecule has 1 aromatic rings. The van der Waals surface area contributed by atoms with E-state index < -0.39 is 5.60 Å². The van der Waals surface area contributed by atoms with Crippen molar-refractivity contribution in [3.63, 3.8) is 0 Å². The molecule has 3 rings (SSSR count). The minimum Gasteiger partial charge on any atom is -0.389 e. The predicted octanol–water partition coefficient (Wildman–Crippen LogP) is 2.73. The third-order valence-electron chi connectivity index (χ3n) is 5.56. The van der Waals surface area contributed by atoms with Crippen LogP contribution in [0.25, 0.3) is 0 Å². The maximum absolute atomic E-state index is 13.4. The van der Waals surface area contributed by atoms with Gasteiger partial charge in [0.1, 0.15) is 5.82 Å². The summed E-state index contributed by atoms with van der Waals surface area (Å²) >= 11 is 0. The van der Waals surface area contributed by atoms with Crippen LogP contribution in [0.4, 0.5) is 4.39 Å². The van der Waals surface area contributed by atoms with Gasteiger partial charge in [-0.25, -0.2) is 4.39 Å². The number of hydrogen-bond acceptors (Lipinski definition) is 3. The molecule has 1 atom stereocenters. The number of benzene rings is 1. The van der Waals surface area contributed by atoms with Crippen LogP contribution in [0.2, 0.25) is 0 Å². The van der Waals surface area contributed by atoms with Crippen molar-refractivity contribution in [2.45, 2.75) is 50.7 Å². The normalized spacial score (nSPS) is 22.5. The van der Waals surface area contributed by atoms with Gasteiger partial charge in [0.15, 0.2) is 0 Å². The number of carbonyl (C=O) groups is 1. The van der Waals surface area contributed by atoms with Crippen molar-refractivity contribution in [2.24, 2.45) is 0 Å². The van der Waals surface area contributed by atoms with E-state index in [1.165, 1.54) is 6.07 Å². The van der Waals surface area contributed by atoms with Crippen molar-refractivity contribution in [3.8, 4) is 0 Å². The molecule has 132 valence electrons. The Morgan fingerprint density at radius 2 is 1.92 bits per heavy atom. The molecule has 0 bridgehead atoms. The summed E-state index contributed by atoms with van der Waals surface area (Å²) < 4.78 is 13.4. The summed E-state index contributed by atoms with van der Waals surface area (Å²) in [5, 5.41) is 10.4. The summed E-state index contributed by atoms with van der Waals surface area (Å²) in [5.41, 5.74) is 0.193. The first-order valence-electron chi connectivity index (χ1n) is 8.97. The highest BCUT2D eigenvalue weighted by molar-refractivity contribution is 5.77. The number of aliphatic hydroxyl groups is 1. The summed E-state index contributed by atoms with van der Waals surface area (Å²) in [6.07, 6.45) is 3.78. The zero-order valence-electron chi connectivity index (χ0n) is 14.4. The van der Waals surface area contributed by atoms with E-state index >= 15 is 0 Å². The first kappa shape index (κ1) is 17.4. The zero-order valence-corrected chi connectivity index (χ0v) is 14.4. The summed E-state index contributed by atoms with van der Waals surface area (Å²) in [5.74, 6) is -0.143. The van der Waals surface area contributed by atoms with Crippen LogP contribution >= 0.6 is 0 Å². The Bertz CT molecular complexity index is 578. The molecule has 2 aliphatic rings. The van der Waals surface area contributed by atoms with Crippen LogP contribution in [0.3, 0.4) is 0 Å². The quantitative estimate of drug-likeness (QED) is 0.921. The third kappa shape index (κ3) is 3.95. The Kier molecular flexibility index (Phi) is 5.21. The predicted molar refractivity (Wildman–Crippen MR) is 91.0 cm³/mol. The van der Waals surface area contributed by atoms with Crippen molar-refractivity contribution < 1.29 is 14.3 Å². The smallest absolute Gasteiger partial charge is 0.225 e. The SMILES string of the molecule is CC(c1cccc(F)c1)N1CCN(C(=O)CC2(O)CCCC2)CC1. The first-order chi connectivity index (χ1) is 11.5. The van der Waals surface area contributed by atoms with E-state index in [2.05, 4.69) is 11.8 Å². The van der Waals surface area contributed by atoms with Crippen LogP contribution in [0.15, 0.2) is 24.3 Å². The fourth-order valence-electron chi connectivity index (χ4n) is 3.94. The second-order valence-corrected chi connectivity index (χ2v) is 7.26. The molecule has 4 nitrogen and oxygen atoms in total. The van der Waals surface area contributed by atoms with E-state index in [0.717, 1.165) is 44.3 Å². The fraction of sp³-hybridized carbons (Fsp3) is 0.632. The van der Waals surface area contributed by atoms with E-state index in [1.54, 1.807) is 12.1 Å². The molecular weight excluding hydrogens is 307 g/mol. The number of carbonyl (C=O) groups excluding carboxylic acids is 1. The van der Waals surface area contributed by atoms with Crippen molar-refractivity contribution in [1.29, 1.82) is 0 Å². The molecule has 1 aliphatic carbocycles. The Balaban J connectivity index is 1.52. The Morgan fingerprint density at radius 1 is 1.25 bits per heavy atom. The van der Waals surface area contributed by atoms with Crippen molar-refractivity contribution in [2.75, 3.05) is 26.2 Å². The van der Waals surface area contributed by atoms with E-state index in [1.807, 2.05) is 11.0 Å². The molecule has 0 aromatic heterocycles.